The van der Waals surface area contributed by atoms with E-state index in [-0.39, 0.29) is 17.7 Å². The second-order valence-corrected chi connectivity index (χ2v) is 6.78. The van der Waals surface area contributed by atoms with Gasteiger partial charge in [0.1, 0.15) is 6.04 Å². The summed E-state index contributed by atoms with van der Waals surface area (Å²) < 4.78 is 0. The number of hydrogen-bond acceptors (Lipinski definition) is 5. The molecule has 0 radical (unpaired) electrons. The molecular weight excluding hydrogens is 346 g/mol. The van der Waals surface area contributed by atoms with Gasteiger partial charge in [-0.25, -0.2) is 0 Å². The highest BCUT2D eigenvalue weighted by molar-refractivity contribution is 5.87. The predicted octanol–water partition coefficient (Wildman–Crippen LogP) is 0.542. The molecule has 0 aromatic heterocycles. The maximum atomic E-state index is 12.0. The topological polar surface area (TPSA) is 139 Å². The molecule has 7 N–H and O–H groups in total. The number of likely N-dealkylation sites (N-methyl/N-ethyl adjacent to an activating group) is 1. The molecule has 0 aliphatic rings. The molecule has 8 nitrogen and oxygen atoms in total. The first kappa shape index (κ1) is 25.3. The molecule has 0 fully saturated rings. The average molecular weight is 386 g/mol. The van der Waals surface area contributed by atoms with Crippen LogP contribution in [0.5, 0.6) is 0 Å². The Balaban J connectivity index is 3.95. The minimum Gasteiger partial charge on any atom is -0.357 e. The van der Waals surface area contributed by atoms with Gasteiger partial charge in [0.05, 0.1) is 0 Å². The van der Waals surface area contributed by atoms with Crippen LogP contribution in [-0.2, 0) is 14.4 Å². The lowest BCUT2D eigenvalue weighted by Crippen LogP contribution is -2.45. The molecule has 1 atom stereocenters. The van der Waals surface area contributed by atoms with Crippen LogP contribution in [0, 0.1) is 0 Å². The second-order valence-electron chi connectivity index (χ2n) is 6.78. The number of carbonyl (C=O) groups excluding carboxylic acids is 3. The van der Waals surface area contributed by atoms with E-state index in [1.807, 2.05) is 0 Å². The Hall–Kier alpha value is -1.67. The van der Waals surface area contributed by atoms with E-state index in [0.717, 1.165) is 51.4 Å². The standard InChI is InChI=1S/C19H39N5O3/c1-22-19(27)16(24-18(26)12-5-3-8-14-21)10-6-9-15-23-17(25)11-4-2-7-13-20/h16H,2-15,20-21H2,1H3,(H,22,27)(H,23,25)(H,24,26). The zero-order valence-electron chi connectivity index (χ0n) is 16.9. The van der Waals surface area contributed by atoms with Crippen LogP contribution in [-0.4, -0.2) is 50.4 Å². The highest BCUT2D eigenvalue weighted by atomic mass is 16.2. The third kappa shape index (κ3) is 15.1. The molecule has 0 aliphatic carbocycles. The molecular formula is C19H39N5O3. The van der Waals surface area contributed by atoms with Gasteiger partial charge < -0.3 is 27.4 Å². The van der Waals surface area contributed by atoms with Crippen molar-refractivity contribution in [1.82, 2.24) is 16.0 Å². The number of unbranched alkanes of at least 4 members (excludes halogenated alkanes) is 5. The molecule has 0 spiro atoms. The maximum absolute atomic E-state index is 12.0. The summed E-state index contributed by atoms with van der Waals surface area (Å²) in [5.74, 6) is -0.235. The molecule has 0 aliphatic heterocycles. The predicted molar refractivity (Wildman–Crippen MR) is 108 cm³/mol. The quantitative estimate of drug-likeness (QED) is 0.233. The van der Waals surface area contributed by atoms with E-state index >= 15 is 0 Å². The summed E-state index contributed by atoms with van der Waals surface area (Å²) in [5, 5.41) is 8.28. The first-order valence-electron chi connectivity index (χ1n) is 10.2. The van der Waals surface area contributed by atoms with Gasteiger partial charge in [-0.1, -0.05) is 12.8 Å². The van der Waals surface area contributed by atoms with Gasteiger partial charge in [0, 0.05) is 26.4 Å². The Morgan fingerprint density at radius 2 is 1.37 bits per heavy atom. The molecule has 8 heteroatoms. The van der Waals surface area contributed by atoms with Gasteiger partial charge >= 0.3 is 0 Å². The van der Waals surface area contributed by atoms with Crippen molar-refractivity contribution in [2.24, 2.45) is 11.5 Å². The van der Waals surface area contributed by atoms with Crippen LogP contribution in [0.1, 0.15) is 70.6 Å². The van der Waals surface area contributed by atoms with E-state index in [1.54, 1.807) is 7.05 Å². The van der Waals surface area contributed by atoms with Crippen LogP contribution in [0.15, 0.2) is 0 Å². The third-order valence-corrected chi connectivity index (χ3v) is 4.36. The number of hydrogen-bond donors (Lipinski definition) is 5. The Morgan fingerprint density at radius 3 is 1.93 bits per heavy atom. The highest BCUT2D eigenvalue weighted by Gasteiger charge is 2.18. The molecule has 0 saturated heterocycles. The second kappa shape index (κ2) is 17.7. The maximum Gasteiger partial charge on any atom is 0.242 e. The summed E-state index contributed by atoms with van der Waals surface area (Å²) in [5.41, 5.74) is 10.9. The van der Waals surface area contributed by atoms with Gasteiger partial charge in [-0.05, 0) is 58.0 Å². The first-order valence-corrected chi connectivity index (χ1v) is 10.2. The summed E-state index contributed by atoms with van der Waals surface area (Å²) in [7, 11) is 1.56. The molecule has 0 aromatic rings. The molecule has 0 saturated carbocycles. The molecule has 0 aromatic carbocycles. The van der Waals surface area contributed by atoms with Gasteiger partial charge in [0.2, 0.25) is 17.7 Å². The van der Waals surface area contributed by atoms with Crippen molar-refractivity contribution < 1.29 is 14.4 Å². The summed E-state index contributed by atoms with van der Waals surface area (Å²) in [6.45, 7) is 1.88. The van der Waals surface area contributed by atoms with Crippen molar-refractivity contribution in [2.75, 3.05) is 26.7 Å². The molecule has 0 bridgehead atoms. The van der Waals surface area contributed by atoms with Crippen LogP contribution >= 0.6 is 0 Å². The van der Waals surface area contributed by atoms with Gasteiger partial charge in [-0.2, -0.15) is 0 Å². The van der Waals surface area contributed by atoms with Crippen molar-refractivity contribution in [3.05, 3.63) is 0 Å². The minimum absolute atomic E-state index is 0.0562. The Labute approximate surface area is 163 Å². The van der Waals surface area contributed by atoms with Crippen molar-refractivity contribution in [1.29, 1.82) is 0 Å². The van der Waals surface area contributed by atoms with Crippen molar-refractivity contribution in [3.63, 3.8) is 0 Å². The number of nitrogens with two attached hydrogens (primary N) is 2. The zero-order valence-corrected chi connectivity index (χ0v) is 16.9. The fourth-order valence-electron chi connectivity index (χ4n) is 2.71. The zero-order chi connectivity index (χ0) is 20.3. The van der Waals surface area contributed by atoms with Crippen LogP contribution in [0.2, 0.25) is 0 Å². The van der Waals surface area contributed by atoms with E-state index in [0.29, 0.717) is 38.9 Å². The largest absolute Gasteiger partial charge is 0.357 e. The number of carbonyl (C=O) groups is 3. The summed E-state index contributed by atoms with van der Waals surface area (Å²) >= 11 is 0. The Bertz CT molecular complexity index is 418. The molecule has 0 rings (SSSR count). The number of nitrogens with one attached hydrogen (secondary N) is 3. The fourth-order valence-corrected chi connectivity index (χ4v) is 2.71. The lowest BCUT2D eigenvalue weighted by atomic mass is 10.1. The van der Waals surface area contributed by atoms with Crippen molar-refractivity contribution in [3.8, 4) is 0 Å². The summed E-state index contributed by atoms with van der Waals surface area (Å²) in [4.78, 5) is 35.6. The molecule has 27 heavy (non-hydrogen) atoms. The highest BCUT2D eigenvalue weighted by Crippen LogP contribution is 2.04. The van der Waals surface area contributed by atoms with Gasteiger partial charge in [-0.15, -0.1) is 0 Å². The first-order chi connectivity index (χ1) is 13.0. The van der Waals surface area contributed by atoms with Crippen LogP contribution in [0.25, 0.3) is 0 Å². The molecule has 3 amide bonds. The van der Waals surface area contributed by atoms with Gasteiger partial charge in [0.15, 0.2) is 0 Å². The third-order valence-electron chi connectivity index (χ3n) is 4.36. The smallest absolute Gasteiger partial charge is 0.242 e. The van der Waals surface area contributed by atoms with E-state index < -0.39 is 6.04 Å². The average Bonchev–Trinajstić information content (AvgIpc) is 2.66. The van der Waals surface area contributed by atoms with Crippen LogP contribution < -0.4 is 27.4 Å². The molecule has 158 valence electrons. The monoisotopic (exact) mass is 385 g/mol. The van der Waals surface area contributed by atoms with E-state index in [1.165, 1.54) is 0 Å². The lowest BCUT2D eigenvalue weighted by molar-refractivity contribution is -0.129. The number of rotatable bonds is 17. The Kier molecular flexibility index (Phi) is 16.6. The normalized spacial score (nSPS) is 11.7. The van der Waals surface area contributed by atoms with Crippen LogP contribution in [0.4, 0.5) is 0 Å². The van der Waals surface area contributed by atoms with Gasteiger partial charge in [0.25, 0.3) is 0 Å². The van der Waals surface area contributed by atoms with E-state index in [2.05, 4.69) is 16.0 Å². The summed E-state index contributed by atoms with van der Waals surface area (Å²) in [6.07, 6.45) is 8.41. The fraction of sp³-hybridized carbons (Fsp3) is 0.842. The van der Waals surface area contributed by atoms with Crippen LogP contribution in [0.3, 0.4) is 0 Å². The van der Waals surface area contributed by atoms with Gasteiger partial charge in [-0.3, -0.25) is 14.4 Å². The minimum atomic E-state index is -0.524. The summed E-state index contributed by atoms with van der Waals surface area (Å²) in [6, 6.07) is -0.524. The van der Waals surface area contributed by atoms with E-state index in [9.17, 15) is 14.4 Å². The van der Waals surface area contributed by atoms with Crippen molar-refractivity contribution in [2.45, 2.75) is 76.7 Å². The molecule has 1 unspecified atom stereocenters. The number of amides is 3. The van der Waals surface area contributed by atoms with E-state index in [4.69, 9.17) is 11.5 Å². The lowest BCUT2D eigenvalue weighted by Gasteiger charge is -2.17. The Morgan fingerprint density at radius 1 is 0.778 bits per heavy atom. The van der Waals surface area contributed by atoms with Crippen molar-refractivity contribution >= 4 is 17.7 Å². The SMILES string of the molecule is CNC(=O)C(CCCCNC(=O)CCCCCN)NC(=O)CCCCCN. The molecule has 0 heterocycles.